The Morgan fingerprint density at radius 2 is 1.73 bits per heavy atom. The van der Waals surface area contributed by atoms with Gasteiger partial charge in [-0.15, -0.1) is 0 Å². The minimum absolute atomic E-state index is 0.147. The maximum atomic E-state index is 11.5. The van der Waals surface area contributed by atoms with E-state index in [2.05, 4.69) is 5.32 Å². The van der Waals surface area contributed by atoms with Crippen molar-refractivity contribution >= 4 is 11.9 Å². The van der Waals surface area contributed by atoms with E-state index in [4.69, 9.17) is 5.11 Å². The van der Waals surface area contributed by atoms with Crippen LogP contribution in [0, 0.1) is 11.8 Å². The van der Waals surface area contributed by atoms with E-state index in [9.17, 15) is 9.59 Å². The van der Waals surface area contributed by atoms with Gasteiger partial charge in [0, 0.05) is 6.42 Å². The molecule has 0 spiro atoms. The van der Waals surface area contributed by atoms with Gasteiger partial charge in [0.25, 0.3) is 0 Å². The number of rotatable bonds is 5. The second-order valence-electron chi connectivity index (χ2n) is 4.81. The van der Waals surface area contributed by atoms with Gasteiger partial charge in [-0.05, 0) is 18.8 Å². The van der Waals surface area contributed by atoms with E-state index in [0.29, 0.717) is 6.42 Å². The molecular formula is C11H21NO3. The van der Waals surface area contributed by atoms with E-state index in [1.807, 2.05) is 13.8 Å². The van der Waals surface area contributed by atoms with Gasteiger partial charge in [-0.3, -0.25) is 4.79 Å². The average molecular weight is 215 g/mol. The lowest BCUT2D eigenvalue weighted by Gasteiger charge is -2.30. The van der Waals surface area contributed by atoms with Crippen molar-refractivity contribution in [2.24, 2.45) is 11.8 Å². The fourth-order valence-electron chi connectivity index (χ4n) is 1.16. The number of amides is 1. The van der Waals surface area contributed by atoms with Crippen LogP contribution in [0.2, 0.25) is 0 Å². The molecule has 1 amide bonds. The van der Waals surface area contributed by atoms with Crippen LogP contribution in [0.15, 0.2) is 0 Å². The van der Waals surface area contributed by atoms with Gasteiger partial charge in [0.05, 0.1) is 0 Å². The molecule has 0 fully saturated rings. The molecule has 0 saturated heterocycles. The summed E-state index contributed by atoms with van der Waals surface area (Å²) in [5.41, 5.74) is -1.17. The van der Waals surface area contributed by atoms with Gasteiger partial charge in [-0.1, -0.05) is 27.7 Å². The lowest BCUT2D eigenvalue weighted by molar-refractivity contribution is -0.149. The van der Waals surface area contributed by atoms with Gasteiger partial charge in [0.15, 0.2) is 0 Å². The third-order valence-electron chi connectivity index (χ3n) is 2.59. The van der Waals surface area contributed by atoms with Crippen LogP contribution in [0.4, 0.5) is 0 Å². The molecule has 1 atom stereocenters. The fourth-order valence-corrected chi connectivity index (χ4v) is 1.16. The molecule has 88 valence electrons. The molecule has 0 heterocycles. The molecule has 0 aliphatic carbocycles. The molecule has 4 nitrogen and oxygen atoms in total. The number of carbonyl (C=O) groups excluding carboxylic acids is 1. The number of carboxylic acid groups (broad SMARTS) is 1. The topological polar surface area (TPSA) is 66.4 Å². The first kappa shape index (κ1) is 13.9. The molecule has 0 aliphatic heterocycles. The summed E-state index contributed by atoms with van der Waals surface area (Å²) < 4.78 is 0. The van der Waals surface area contributed by atoms with E-state index >= 15 is 0 Å². The number of carbonyl (C=O) groups is 2. The molecule has 0 bridgehead atoms. The van der Waals surface area contributed by atoms with E-state index in [1.165, 1.54) is 6.92 Å². The van der Waals surface area contributed by atoms with Crippen LogP contribution in [0.5, 0.6) is 0 Å². The van der Waals surface area contributed by atoms with Gasteiger partial charge in [-0.25, -0.2) is 4.79 Å². The van der Waals surface area contributed by atoms with Crippen molar-refractivity contribution in [3.63, 3.8) is 0 Å². The Morgan fingerprint density at radius 3 is 2.00 bits per heavy atom. The second-order valence-corrected chi connectivity index (χ2v) is 4.81. The highest BCUT2D eigenvalue weighted by atomic mass is 16.4. The van der Waals surface area contributed by atoms with Crippen molar-refractivity contribution in [1.29, 1.82) is 0 Å². The van der Waals surface area contributed by atoms with Crippen molar-refractivity contribution in [2.75, 3.05) is 0 Å². The molecule has 0 aromatic rings. The first-order valence-corrected chi connectivity index (χ1v) is 5.24. The van der Waals surface area contributed by atoms with Gasteiger partial charge in [0.1, 0.15) is 5.54 Å². The Hall–Kier alpha value is -1.06. The lowest BCUT2D eigenvalue weighted by atomic mass is 9.88. The number of carboxylic acids is 1. The highest BCUT2D eigenvalue weighted by molar-refractivity contribution is 5.86. The zero-order valence-corrected chi connectivity index (χ0v) is 10.1. The van der Waals surface area contributed by atoms with Crippen molar-refractivity contribution in [2.45, 2.75) is 46.6 Å². The Labute approximate surface area is 91.1 Å². The van der Waals surface area contributed by atoms with Crippen LogP contribution < -0.4 is 5.32 Å². The predicted molar refractivity (Wildman–Crippen MR) is 58.5 cm³/mol. The van der Waals surface area contributed by atoms with Crippen LogP contribution in [-0.4, -0.2) is 22.5 Å². The van der Waals surface area contributed by atoms with Crippen molar-refractivity contribution in [3.05, 3.63) is 0 Å². The summed E-state index contributed by atoms with van der Waals surface area (Å²) in [4.78, 5) is 22.6. The number of aliphatic carboxylic acids is 1. The molecular weight excluding hydrogens is 194 g/mol. The quantitative estimate of drug-likeness (QED) is 0.732. The summed E-state index contributed by atoms with van der Waals surface area (Å²) in [5.74, 6) is -1.11. The molecule has 0 radical (unpaired) electrons. The summed E-state index contributed by atoms with van der Waals surface area (Å²) >= 11 is 0. The molecule has 0 rings (SSSR count). The van der Waals surface area contributed by atoms with E-state index in [0.717, 1.165) is 0 Å². The number of nitrogens with one attached hydrogen (secondary N) is 1. The lowest BCUT2D eigenvalue weighted by Crippen LogP contribution is -2.56. The summed E-state index contributed by atoms with van der Waals surface area (Å²) in [7, 11) is 0. The van der Waals surface area contributed by atoms with Crippen LogP contribution in [0.3, 0.4) is 0 Å². The van der Waals surface area contributed by atoms with E-state index in [-0.39, 0.29) is 17.7 Å². The van der Waals surface area contributed by atoms with Gasteiger partial charge >= 0.3 is 5.97 Å². The van der Waals surface area contributed by atoms with E-state index in [1.54, 1.807) is 13.8 Å². The minimum Gasteiger partial charge on any atom is -0.480 e. The first-order chi connectivity index (χ1) is 6.70. The van der Waals surface area contributed by atoms with Gasteiger partial charge in [-0.2, -0.15) is 0 Å². The Balaban J connectivity index is 4.57. The summed E-state index contributed by atoms with van der Waals surface area (Å²) in [6.45, 7) is 8.95. The highest BCUT2D eigenvalue weighted by Gasteiger charge is 2.37. The monoisotopic (exact) mass is 215 g/mol. The Bertz CT molecular complexity index is 248. The third kappa shape index (κ3) is 3.90. The fraction of sp³-hybridized carbons (Fsp3) is 0.818. The van der Waals surface area contributed by atoms with Crippen molar-refractivity contribution in [1.82, 2.24) is 5.32 Å². The SMILES string of the molecule is CC(C)CC(=O)N[C@](C)(C(=O)O)C(C)C. The molecule has 4 heteroatoms. The van der Waals surface area contributed by atoms with Crippen LogP contribution in [0.25, 0.3) is 0 Å². The van der Waals surface area contributed by atoms with Crippen molar-refractivity contribution < 1.29 is 14.7 Å². The maximum absolute atomic E-state index is 11.5. The van der Waals surface area contributed by atoms with Crippen LogP contribution in [0.1, 0.15) is 41.0 Å². The Kier molecular flexibility index (Phi) is 4.78. The largest absolute Gasteiger partial charge is 0.480 e. The summed E-state index contributed by atoms with van der Waals surface area (Å²) in [6, 6.07) is 0. The summed E-state index contributed by atoms with van der Waals surface area (Å²) in [5, 5.41) is 11.7. The second kappa shape index (κ2) is 5.14. The average Bonchev–Trinajstić information content (AvgIpc) is 2.01. The van der Waals surface area contributed by atoms with Gasteiger partial charge in [0.2, 0.25) is 5.91 Å². The maximum Gasteiger partial charge on any atom is 0.329 e. The number of hydrogen-bond donors (Lipinski definition) is 2. The van der Waals surface area contributed by atoms with Crippen LogP contribution >= 0.6 is 0 Å². The zero-order valence-electron chi connectivity index (χ0n) is 10.1. The minimum atomic E-state index is -1.17. The summed E-state index contributed by atoms with van der Waals surface area (Å²) in [6.07, 6.45) is 0.357. The molecule has 0 aliphatic rings. The highest BCUT2D eigenvalue weighted by Crippen LogP contribution is 2.17. The smallest absolute Gasteiger partial charge is 0.329 e. The molecule has 15 heavy (non-hydrogen) atoms. The van der Waals surface area contributed by atoms with E-state index < -0.39 is 11.5 Å². The first-order valence-electron chi connectivity index (χ1n) is 5.24. The molecule has 0 unspecified atom stereocenters. The Morgan fingerprint density at radius 1 is 1.27 bits per heavy atom. The molecule has 0 saturated carbocycles. The molecule has 0 aromatic heterocycles. The molecule has 0 aromatic carbocycles. The molecule has 2 N–H and O–H groups in total. The zero-order chi connectivity index (χ0) is 12.2. The standard InChI is InChI=1S/C11H21NO3/c1-7(2)6-9(13)12-11(5,8(3)4)10(14)15/h7-8H,6H2,1-5H3,(H,12,13)(H,14,15)/t11-/m0/s1. The van der Waals surface area contributed by atoms with Gasteiger partial charge < -0.3 is 10.4 Å². The third-order valence-corrected chi connectivity index (χ3v) is 2.59. The number of hydrogen-bond acceptors (Lipinski definition) is 2. The normalized spacial score (nSPS) is 15.1. The predicted octanol–water partition coefficient (Wildman–Crippen LogP) is 1.65. The van der Waals surface area contributed by atoms with Crippen LogP contribution in [-0.2, 0) is 9.59 Å². The van der Waals surface area contributed by atoms with Crippen molar-refractivity contribution in [3.8, 4) is 0 Å².